The lowest BCUT2D eigenvalue weighted by Gasteiger charge is -2.15. The summed E-state index contributed by atoms with van der Waals surface area (Å²) < 4.78 is 12.9. The van der Waals surface area contributed by atoms with Gasteiger partial charge in [-0.05, 0) is 25.5 Å². The molecule has 130 valence electrons. The van der Waals surface area contributed by atoms with Gasteiger partial charge in [-0.15, -0.1) is 0 Å². The predicted octanol–water partition coefficient (Wildman–Crippen LogP) is 3.90. The largest absolute Gasteiger partial charge is 0.490 e. The number of carbonyl (C=O) groups excluding carboxylic acids is 1. The lowest BCUT2D eigenvalue weighted by atomic mass is 10.2. The highest BCUT2D eigenvalue weighted by atomic mass is 35.5. The number of benzene rings is 1. The van der Waals surface area contributed by atoms with Crippen molar-refractivity contribution in [1.29, 1.82) is 0 Å². The molecule has 2 rings (SSSR count). The number of hydrogen-bond donors (Lipinski definition) is 1. The quantitative estimate of drug-likeness (QED) is 0.732. The third-order valence-corrected chi connectivity index (χ3v) is 3.55. The van der Waals surface area contributed by atoms with Gasteiger partial charge in [0.2, 0.25) is 0 Å². The number of nitrogens with one attached hydrogen (secondary N) is 1. The zero-order valence-electron chi connectivity index (χ0n) is 14.1. The Labute approximate surface area is 146 Å². The van der Waals surface area contributed by atoms with Crippen molar-refractivity contribution in [3.63, 3.8) is 0 Å². The molecule has 0 saturated heterocycles. The molecule has 0 saturated carbocycles. The van der Waals surface area contributed by atoms with Gasteiger partial charge in [0.1, 0.15) is 0 Å². The predicted molar refractivity (Wildman–Crippen MR) is 94.2 cm³/mol. The minimum Gasteiger partial charge on any atom is -0.490 e. The van der Waals surface area contributed by atoms with Crippen LogP contribution in [0.1, 0.15) is 37.0 Å². The number of halogens is 1. The Morgan fingerprint density at radius 1 is 1.33 bits per heavy atom. The fourth-order valence-corrected chi connectivity index (χ4v) is 2.36. The summed E-state index contributed by atoms with van der Waals surface area (Å²) in [5, 5.41) is 7.19. The fraction of sp³-hybridized carbons (Fsp3) is 0.412. The zero-order chi connectivity index (χ0) is 17.5. The smallest absolute Gasteiger partial charge is 0.257 e. The summed E-state index contributed by atoms with van der Waals surface area (Å²) in [4.78, 5) is 12.4. The van der Waals surface area contributed by atoms with Crippen LogP contribution in [-0.2, 0) is 7.05 Å². The number of hydrogen-bond acceptors (Lipinski definition) is 4. The van der Waals surface area contributed by atoms with Crippen molar-refractivity contribution in [2.75, 3.05) is 18.5 Å². The molecule has 0 aliphatic rings. The van der Waals surface area contributed by atoms with E-state index in [4.69, 9.17) is 21.1 Å². The van der Waals surface area contributed by atoms with E-state index in [1.54, 1.807) is 36.1 Å². The van der Waals surface area contributed by atoms with Gasteiger partial charge in [0.05, 0.1) is 18.2 Å². The maximum atomic E-state index is 12.4. The van der Waals surface area contributed by atoms with Crippen LogP contribution < -0.4 is 14.8 Å². The standard InChI is InChI=1S/C17H22ClN3O3/c1-4-6-9-24-16-13(18)10-12(11-14(16)23-5-2)17(22)19-15-7-8-21(3)20-15/h7-8,10-11H,4-6,9H2,1-3H3,(H,19,20,22). The van der Waals surface area contributed by atoms with Crippen LogP contribution in [0.5, 0.6) is 11.5 Å². The maximum Gasteiger partial charge on any atom is 0.257 e. The Balaban J connectivity index is 2.22. The van der Waals surface area contributed by atoms with Crippen molar-refractivity contribution in [3.8, 4) is 11.5 Å². The fourth-order valence-electron chi connectivity index (χ4n) is 2.09. The molecule has 1 heterocycles. The Morgan fingerprint density at radius 3 is 2.75 bits per heavy atom. The summed E-state index contributed by atoms with van der Waals surface area (Å²) in [5.41, 5.74) is 0.386. The molecular formula is C17H22ClN3O3. The van der Waals surface area contributed by atoms with E-state index in [-0.39, 0.29) is 5.91 Å². The second-order valence-electron chi connectivity index (χ2n) is 5.25. The normalized spacial score (nSPS) is 10.5. The van der Waals surface area contributed by atoms with Crippen LogP contribution in [-0.4, -0.2) is 28.9 Å². The number of aryl methyl sites for hydroxylation is 1. The van der Waals surface area contributed by atoms with Gasteiger partial charge in [-0.2, -0.15) is 5.10 Å². The van der Waals surface area contributed by atoms with Crippen LogP contribution in [0.3, 0.4) is 0 Å². The number of nitrogens with zero attached hydrogens (tertiary/aromatic N) is 2. The molecule has 0 aliphatic heterocycles. The molecule has 1 N–H and O–H groups in total. The molecule has 0 bridgehead atoms. The van der Waals surface area contributed by atoms with Crippen LogP contribution in [0.25, 0.3) is 0 Å². The van der Waals surface area contributed by atoms with Crippen molar-refractivity contribution >= 4 is 23.3 Å². The first-order valence-electron chi connectivity index (χ1n) is 7.95. The first-order valence-corrected chi connectivity index (χ1v) is 8.33. The molecule has 0 spiro atoms. The van der Waals surface area contributed by atoms with E-state index in [0.29, 0.717) is 41.1 Å². The van der Waals surface area contributed by atoms with E-state index in [2.05, 4.69) is 17.3 Å². The van der Waals surface area contributed by atoms with Crippen LogP contribution >= 0.6 is 11.6 Å². The SMILES string of the molecule is CCCCOc1c(Cl)cc(C(=O)Nc2ccn(C)n2)cc1OCC. The number of rotatable bonds is 8. The van der Waals surface area contributed by atoms with Crippen molar-refractivity contribution in [1.82, 2.24) is 9.78 Å². The second-order valence-corrected chi connectivity index (χ2v) is 5.66. The second kappa shape index (κ2) is 8.59. The average Bonchev–Trinajstić information content (AvgIpc) is 2.95. The highest BCUT2D eigenvalue weighted by Gasteiger charge is 2.17. The van der Waals surface area contributed by atoms with E-state index in [9.17, 15) is 4.79 Å². The van der Waals surface area contributed by atoms with E-state index in [1.807, 2.05) is 6.92 Å². The number of aromatic nitrogens is 2. The van der Waals surface area contributed by atoms with Gasteiger partial charge in [-0.1, -0.05) is 24.9 Å². The van der Waals surface area contributed by atoms with Gasteiger partial charge in [0.25, 0.3) is 5.91 Å². The molecule has 1 amide bonds. The Bertz CT molecular complexity index is 700. The zero-order valence-corrected chi connectivity index (χ0v) is 14.9. The molecule has 0 unspecified atom stereocenters. The Hall–Kier alpha value is -2.21. The summed E-state index contributed by atoms with van der Waals surface area (Å²) in [6.45, 7) is 4.95. The lowest BCUT2D eigenvalue weighted by molar-refractivity contribution is 0.102. The summed E-state index contributed by atoms with van der Waals surface area (Å²) in [6, 6.07) is 4.92. The third-order valence-electron chi connectivity index (χ3n) is 3.27. The van der Waals surface area contributed by atoms with Crippen LogP contribution in [0, 0.1) is 0 Å². The summed E-state index contributed by atoms with van der Waals surface area (Å²) in [5.74, 6) is 1.10. The van der Waals surface area contributed by atoms with Gasteiger partial charge in [-0.3, -0.25) is 9.48 Å². The lowest BCUT2D eigenvalue weighted by Crippen LogP contribution is -2.13. The molecule has 1 aromatic heterocycles. The molecule has 0 fully saturated rings. The van der Waals surface area contributed by atoms with Gasteiger partial charge in [0, 0.05) is 24.9 Å². The number of ether oxygens (including phenoxy) is 2. The van der Waals surface area contributed by atoms with Gasteiger partial charge >= 0.3 is 0 Å². The minimum absolute atomic E-state index is 0.309. The summed E-state index contributed by atoms with van der Waals surface area (Å²) >= 11 is 6.30. The van der Waals surface area contributed by atoms with Crippen LogP contribution in [0.2, 0.25) is 5.02 Å². The molecule has 2 aromatic rings. The Morgan fingerprint density at radius 2 is 2.12 bits per heavy atom. The summed E-state index contributed by atoms with van der Waals surface area (Å²) in [7, 11) is 1.78. The molecule has 0 atom stereocenters. The number of anilines is 1. The van der Waals surface area contributed by atoms with Crippen LogP contribution in [0.4, 0.5) is 5.82 Å². The van der Waals surface area contributed by atoms with Gasteiger partial charge in [0.15, 0.2) is 17.3 Å². The highest BCUT2D eigenvalue weighted by Crippen LogP contribution is 2.37. The maximum absolute atomic E-state index is 12.4. The monoisotopic (exact) mass is 351 g/mol. The highest BCUT2D eigenvalue weighted by molar-refractivity contribution is 6.32. The third kappa shape index (κ3) is 4.64. The molecule has 24 heavy (non-hydrogen) atoms. The number of carbonyl (C=O) groups is 1. The molecular weight excluding hydrogens is 330 g/mol. The molecule has 7 heteroatoms. The number of amides is 1. The van der Waals surface area contributed by atoms with E-state index in [1.165, 1.54) is 0 Å². The van der Waals surface area contributed by atoms with E-state index < -0.39 is 0 Å². The minimum atomic E-state index is -0.309. The van der Waals surface area contributed by atoms with Crippen molar-refractivity contribution in [2.45, 2.75) is 26.7 Å². The molecule has 0 radical (unpaired) electrons. The van der Waals surface area contributed by atoms with E-state index >= 15 is 0 Å². The summed E-state index contributed by atoms with van der Waals surface area (Å²) in [6.07, 6.45) is 3.69. The first kappa shape index (κ1) is 18.1. The number of unbranched alkanes of at least 4 members (excludes halogenated alkanes) is 1. The Kier molecular flexibility index (Phi) is 6.49. The topological polar surface area (TPSA) is 65.4 Å². The van der Waals surface area contributed by atoms with E-state index in [0.717, 1.165) is 12.8 Å². The van der Waals surface area contributed by atoms with Crippen LogP contribution in [0.15, 0.2) is 24.4 Å². The molecule has 1 aromatic carbocycles. The van der Waals surface area contributed by atoms with Gasteiger partial charge < -0.3 is 14.8 Å². The van der Waals surface area contributed by atoms with Gasteiger partial charge in [-0.25, -0.2) is 0 Å². The van der Waals surface area contributed by atoms with Crippen molar-refractivity contribution in [2.24, 2.45) is 7.05 Å². The average molecular weight is 352 g/mol. The molecule has 0 aliphatic carbocycles. The van der Waals surface area contributed by atoms with Crippen molar-refractivity contribution < 1.29 is 14.3 Å². The molecule has 6 nitrogen and oxygen atoms in total. The van der Waals surface area contributed by atoms with Crippen molar-refractivity contribution in [3.05, 3.63) is 35.0 Å². The first-order chi connectivity index (χ1) is 11.5.